The molecule has 4 aromatic rings. The fraction of sp³-hybridized carbons (Fsp3) is 0.125. The monoisotopic (exact) mass is 669 g/mol. The van der Waals surface area contributed by atoms with E-state index in [-0.39, 0.29) is 0 Å². The minimum absolute atomic E-state index is 0.306. The van der Waals surface area contributed by atoms with Gasteiger partial charge in [0, 0.05) is 55.7 Å². The zero-order valence-electron chi connectivity index (χ0n) is 26.1. The van der Waals surface area contributed by atoms with Crippen molar-refractivity contribution in [3.63, 3.8) is 0 Å². The molecule has 0 saturated heterocycles. The van der Waals surface area contributed by atoms with E-state index >= 15 is 0 Å². The number of nitriles is 1. The molecule has 0 fully saturated rings. The maximum absolute atomic E-state index is 11.1. The van der Waals surface area contributed by atoms with Crippen LogP contribution in [0.15, 0.2) is 126 Å². The van der Waals surface area contributed by atoms with Crippen LogP contribution in [-0.2, 0) is 25.7 Å². The predicted molar refractivity (Wildman–Crippen MR) is 191 cm³/mol. The zero-order valence-corrected chi connectivity index (χ0v) is 27.7. The van der Waals surface area contributed by atoms with Crippen LogP contribution < -0.4 is 4.74 Å². The minimum Gasteiger partial charge on any atom is -0.488 e. The summed E-state index contributed by atoms with van der Waals surface area (Å²) >= 11 is 3.19. The third-order valence-electron chi connectivity index (χ3n) is 6.39. The van der Waals surface area contributed by atoms with Gasteiger partial charge in [-0.1, -0.05) is 49.0 Å². The van der Waals surface area contributed by atoms with Crippen LogP contribution in [0.2, 0.25) is 0 Å². The van der Waals surface area contributed by atoms with Crippen LogP contribution in [0.25, 0.3) is 0 Å². The fourth-order valence-electron chi connectivity index (χ4n) is 3.95. The van der Waals surface area contributed by atoms with E-state index in [0.29, 0.717) is 48.2 Å². The van der Waals surface area contributed by atoms with Crippen molar-refractivity contribution in [3.8, 4) is 35.5 Å². The topological polar surface area (TPSA) is 85.6 Å². The molecule has 0 aliphatic carbocycles. The van der Waals surface area contributed by atoms with Crippen molar-refractivity contribution in [2.75, 3.05) is 24.7 Å². The molecule has 48 heavy (non-hydrogen) atoms. The van der Waals surface area contributed by atoms with Crippen molar-refractivity contribution in [1.29, 1.82) is 5.26 Å². The molecule has 8 heteroatoms. The normalized spacial score (nSPS) is 9.81. The molecule has 0 bridgehead atoms. The molecule has 0 heterocycles. The van der Waals surface area contributed by atoms with Gasteiger partial charge in [-0.15, -0.1) is 23.5 Å². The zero-order chi connectivity index (χ0) is 34.0. The van der Waals surface area contributed by atoms with Gasteiger partial charge in [-0.2, -0.15) is 5.26 Å². The molecule has 0 radical (unpaired) electrons. The van der Waals surface area contributed by atoms with E-state index in [4.69, 9.17) is 14.2 Å². The number of hydrogen-bond donors (Lipinski definition) is 0. The Morgan fingerprint density at radius 2 is 1.08 bits per heavy atom. The van der Waals surface area contributed by atoms with Gasteiger partial charge in [-0.05, 0) is 84.4 Å². The lowest BCUT2D eigenvalue weighted by atomic mass is 10.1. The van der Waals surface area contributed by atoms with Crippen molar-refractivity contribution < 1.29 is 23.8 Å². The summed E-state index contributed by atoms with van der Waals surface area (Å²) in [4.78, 5) is 24.3. The number of carbonyl (C=O) groups excluding carboxylic acids is 2. The first-order valence-electron chi connectivity index (χ1n) is 14.8. The summed E-state index contributed by atoms with van der Waals surface area (Å²) in [5, 5.41) is 9.72. The maximum Gasteiger partial charge on any atom is 0.330 e. The Labute approximate surface area is 289 Å². The number of hydrogen-bond acceptors (Lipinski definition) is 8. The molecule has 0 atom stereocenters. The Hall–Kier alpha value is -5.59. The first-order valence-corrected chi connectivity index (χ1v) is 16.8. The first kappa shape index (κ1) is 35.3. The van der Waals surface area contributed by atoms with Gasteiger partial charge in [-0.25, -0.2) is 9.59 Å². The first-order chi connectivity index (χ1) is 23.4. The highest BCUT2D eigenvalue weighted by Crippen LogP contribution is 2.22. The van der Waals surface area contributed by atoms with E-state index in [1.807, 2.05) is 78.9 Å². The van der Waals surface area contributed by atoms with Gasteiger partial charge in [0.05, 0.1) is 5.56 Å². The second-order valence-corrected chi connectivity index (χ2v) is 12.1. The highest BCUT2D eigenvalue weighted by molar-refractivity contribution is 7.99. The quantitative estimate of drug-likeness (QED) is 0.0474. The lowest BCUT2D eigenvalue weighted by Gasteiger charge is -2.08. The van der Waals surface area contributed by atoms with Crippen LogP contribution in [0.4, 0.5) is 0 Å². The van der Waals surface area contributed by atoms with Crippen molar-refractivity contribution in [3.05, 3.63) is 150 Å². The molecule has 0 aliphatic heterocycles. The van der Waals surface area contributed by atoms with E-state index in [1.165, 1.54) is 0 Å². The maximum atomic E-state index is 11.1. The van der Waals surface area contributed by atoms with Crippen LogP contribution in [0.1, 0.15) is 33.4 Å². The van der Waals surface area contributed by atoms with Crippen LogP contribution in [0.5, 0.6) is 5.75 Å². The van der Waals surface area contributed by atoms with Gasteiger partial charge in [0.2, 0.25) is 0 Å². The molecule has 6 nitrogen and oxygen atoms in total. The third kappa shape index (κ3) is 12.0. The van der Waals surface area contributed by atoms with Crippen molar-refractivity contribution >= 4 is 35.5 Å². The Bertz CT molecular complexity index is 1900. The number of rotatable bonds is 13. The number of esters is 2. The smallest absolute Gasteiger partial charge is 0.330 e. The van der Waals surface area contributed by atoms with Gasteiger partial charge in [0.15, 0.2) is 0 Å². The summed E-state index contributed by atoms with van der Waals surface area (Å²) in [5.41, 5.74) is 4.70. The molecule has 0 amide bonds. The number of benzene rings is 4. The summed E-state index contributed by atoms with van der Waals surface area (Å²) in [6.45, 7) is 7.71. The number of nitrogens with zero attached hydrogens (tertiary/aromatic N) is 1. The van der Waals surface area contributed by atoms with E-state index in [1.54, 1.807) is 35.7 Å². The molecule has 0 spiro atoms. The molecular weight excluding hydrogens is 639 g/mol. The molecule has 0 aliphatic rings. The summed E-state index contributed by atoms with van der Waals surface area (Å²) in [5.74, 6) is 13.6. The summed E-state index contributed by atoms with van der Waals surface area (Å²) in [6, 6.07) is 31.0. The van der Waals surface area contributed by atoms with Gasteiger partial charge in [0.1, 0.15) is 31.6 Å². The SMILES string of the molecule is C=CC(=O)OCCSc1ccc(C#Cc2ccc(COc3ccc(C#Cc4ccc(SCCOC(=O)C=C)cc4)cc3C#N)cc2)cc1. The fourth-order valence-corrected chi connectivity index (χ4v) is 5.41. The number of carbonyl (C=O) groups is 2. The van der Waals surface area contributed by atoms with E-state index in [0.717, 1.165) is 44.2 Å². The van der Waals surface area contributed by atoms with E-state index in [2.05, 4.69) is 42.9 Å². The molecule has 0 saturated carbocycles. The standard InChI is InChI=1S/C40H31NO5S2/c1-3-39(42)44-23-25-47-36-18-13-31(14-19-36)6-5-30-8-11-34(12-9-30)29-46-38-22-17-33(27-35(38)28-41)10-7-32-15-20-37(21-16-32)48-26-24-45-40(43)4-2/h3-4,8-9,11-22,27H,1-2,23-26,29H2. The largest absolute Gasteiger partial charge is 0.488 e. The second-order valence-electron chi connectivity index (χ2n) is 9.80. The lowest BCUT2D eigenvalue weighted by molar-refractivity contribution is -0.138. The average molecular weight is 670 g/mol. The lowest BCUT2D eigenvalue weighted by Crippen LogP contribution is -2.03. The van der Waals surface area contributed by atoms with Crippen LogP contribution in [-0.4, -0.2) is 36.7 Å². The Morgan fingerprint density at radius 3 is 1.54 bits per heavy atom. The van der Waals surface area contributed by atoms with E-state index in [9.17, 15) is 14.9 Å². The second kappa shape index (κ2) is 19.2. The highest BCUT2D eigenvalue weighted by atomic mass is 32.2. The Kier molecular flexibility index (Phi) is 14.1. The van der Waals surface area contributed by atoms with Gasteiger partial charge < -0.3 is 14.2 Å². The van der Waals surface area contributed by atoms with Crippen LogP contribution >= 0.6 is 23.5 Å². The van der Waals surface area contributed by atoms with Gasteiger partial charge in [-0.3, -0.25) is 0 Å². The molecule has 4 aromatic carbocycles. The predicted octanol–water partition coefficient (Wildman–Crippen LogP) is 7.58. The average Bonchev–Trinajstić information content (AvgIpc) is 3.13. The molecule has 0 aromatic heterocycles. The van der Waals surface area contributed by atoms with Crippen molar-refractivity contribution in [2.24, 2.45) is 0 Å². The molecule has 0 unspecified atom stereocenters. The molecule has 238 valence electrons. The number of thioether (sulfide) groups is 2. The molecular formula is C40H31NO5S2. The summed E-state index contributed by atoms with van der Waals surface area (Å²) in [7, 11) is 0. The minimum atomic E-state index is -0.423. The van der Waals surface area contributed by atoms with Crippen LogP contribution in [0, 0.1) is 35.0 Å². The van der Waals surface area contributed by atoms with E-state index < -0.39 is 11.9 Å². The van der Waals surface area contributed by atoms with Crippen molar-refractivity contribution in [1.82, 2.24) is 0 Å². The number of ether oxygens (including phenoxy) is 3. The Balaban J connectivity index is 1.25. The van der Waals surface area contributed by atoms with Gasteiger partial charge >= 0.3 is 11.9 Å². The summed E-state index contributed by atoms with van der Waals surface area (Å²) < 4.78 is 15.9. The van der Waals surface area contributed by atoms with Crippen LogP contribution in [0.3, 0.4) is 0 Å². The van der Waals surface area contributed by atoms with Crippen molar-refractivity contribution in [2.45, 2.75) is 16.4 Å². The molecule has 4 rings (SSSR count). The highest BCUT2D eigenvalue weighted by Gasteiger charge is 2.06. The van der Waals surface area contributed by atoms with Gasteiger partial charge in [0.25, 0.3) is 0 Å². The third-order valence-corrected chi connectivity index (χ3v) is 8.34. The summed E-state index contributed by atoms with van der Waals surface area (Å²) in [6.07, 6.45) is 2.31. The molecule has 0 N–H and O–H groups in total. The Morgan fingerprint density at radius 1 is 0.646 bits per heavy atom.